The van der Waals surface area contributed by atoms with Crippen LogP contribution in [-0.2, 0) is 28.9 Å². The van der Waals surface area contributed by atoms with Gasteiger partial charge in [0, 0.05) is 12.4 Å². The lowest BCUT2D eigenvalue weighted by Gasteiger charge is -2.10. The maximum Gasteiger partial charge on any atom is 0.417 e. The first kappa shape index (κ1) is 23.0. The molecular weight excluding hydrogens is 476 g/mol. The first-order valence-corrected chi connectivity index (χ1v) is 9.93. The molecule has 0 atom stereocenters. The Morgan fingerprint density at radius 3 is 2.16 bits per heavy atom. The summed E-state index contributed by atoms with van der Waals surface area (Å²) < 4.78 is 104. The lowest BCUT2D eigenvalue weighted by molar-refractivity contribution is -0.138. The molecule has 7 nitrogen and oxygen atoms in total. The van der Waals surface area contributed by atoms with Gasteiger partial charge in [-0.05, 0) is 18.2 Å². The van der Waals surface area contributed by atoms with Gasteiger partial charge in [0.25, 0.3) is 0 Å². The molecule has 0 aliphatic heterocycles. The Labute approximate surface area is 175 Å². The third-order valence-electron chi connectivity index (χ3n) is 3.85. The van der Waals surface area contributed by atoms with Crippen molar-refractivity contribution in [3.63, 3.8) is 0 Å². The van der Waals surface area contributed by atoms with Crippen molar-refractivity contribution in [2.24, 2.45) is 0 Å². The van der Waals surface area contributed by atoms with Gasteiger partial charge in [-0.15, -0.1) is 0 Å². The van der Waals surface area contributed by atoms with Crippen LogP contribution in [0.25, 0.3) is 5.82 Å². The zero-order chi connectivity index (χ0) is 23.0. The fourth-order valence-electron chi connectivity index (χ4n) is 2.26. The van der Waals surface area contributed by atoms with E-state index in [1.54, 1.807) is 0 Å². The summed E-state index contributed by atoms with van der Waals surface area (Å²) in [4.78, 5) is 6.75. The molecule has 0 saturated carbocycles. The number of rotatable bonds is 5. The number of nitrogens with zero attached hydrogens (tertiary/aromatic N) is 4. The van der Waals surface area contributed by atoms with Gasteiger partial charge in [0.05, 0.1) is 40.8 Å². The third-order valence-corrected chi connectivity index (χ3v) is 5.54. The second-order valence-corrected chi connectivity index (χ2v) is 8.17. The van der Waals surface area contributed by atoms with Gasteiger partial charge >= 0.3 is 12.4 Å². The van der Waals surface area contributed by atoms with E-state index in [1.165, 1.54) is 0 Å². The number of sulfonamides is 1. The molecule has 3 heterocycles. The summed E-state index contributed by atoms with van der Waals surface area (Å²) in [6.07, 6.45) is -6.23. The fourth-order valence-corrected chi connectivity index (χ4v) is 3.41. The number of hydrogen-bond acceptors (Lipinski definition) is 5. The Morgan fingerprint density at radius 2 is 1.61 bits per heavy atom. The maximum absolute atomic E-state index is 12.6. The predicted octanol–water partition coefficient (Wildman–Crippen LogP) is 3.83. The Morgan fingerprint density at radius 1 is 0.968 bits per heavy atom. The van der Waals surface area contributed by atoms with Crippen LogP contribution in [0.3, 0.4) is 0 Å². The number of aromatic nitrogens is 4. The molecule has 3 aromatic heterocycles. The standard InChI is InChI=1S/C16H10ClF6N5O2S/c17-12-3-10(16(21,22)23)5-24-13(12)7-27-31(29,30)11-6-26-28(8-11)14-2-1-9(4-25-14)15(18,19)20/h1-6,8,27H,7H2. The zero-order valence-electron chi connectivity index (χ0n) is 14.9. The number of hydrogen-bond donors (Lipinski definition) is 1. The third kappa shape index (κ3) is 5.32. The SMILES string of the molecule is O=S(=O)(NCc1ncc(C(F)(F)F)cc1Cl)c1cnn(-c2ccc(C(F)(F)F)cn2)c1. The van der Waals surface area contributed by atoms with Crippen LogP contribution in [0.2, 0.25) is 5.02 Å². The average molecular weight is 486 g/mol. The molecule has 31 heavy (non-hydrogen) atoms. The minimum atomic E-state index is -4.66. The largest absolute Gasteiger partial charge is 0.417 e. The Kier molecular flexibility index (Phi) is 5.99. The highest BCUT2D eigenvalue weighted by molar-refractivity contribution is 7.89. The van der Waals surface area contributed by atoms with Crippen molar-refractivity contribution in [3.05, 3.63) is 64.8 Å². The first-order chi connectivity index (χ1) is 14.3. The van der Waals surface area contributed by atoms with Gasteiger partial charge in [0.15, 0.2) is 5.82 Å². The number of halogens is 7. The summed E-state index contributed by atoms with van der Waals surface area (Å²) in [5.74, 6) is -0.0677. The van der Waals surface area contributed by atoms with Crippen molar-refractivity contribution in [2.45, 2.75) is 23.8 Å². The lowest BCUT2D eigenvalue weighted by atomic mass is 10.2. The summed E-state index contributed by atoms with van der Waals surface area (Å²) in [7, 11) is -4.19. The molecule has 0 aliphatic rings. The second-order valence-electron chi connectivity index (χ2n) is 6.00. The monoisotopic (exact) mass is 485 g/mol. The van der Waals surface area contributed by atoms with Crippen molar-refractivity contribution < 1.29 is 34.8 Å². The molecule has 3 rings (SSSR count). The molecular formula is C16H10ClF6N5O2S. The smallest absolute Gasteiger partial charge is 0.258 e. The molecule has 0 bridgehead atoms. The van der Waals surface area contributed by atoms with E-state index in [1.807, 2.05) is 0 Å². The van der Waals surface area contributed by atoms with Gasteiger partial charge in [-0.2, -0.15) is 31.4 Å². The van der Waals surface area contributed by atoms with Crippen LogP contribution in [0.5, 0.6) is 0 Å². The minimum Gasteiger partial charge on any atom is -0.258 e. The molecule has 0 saturated heterocycles. The molecule has 1 N–H and O–H groups in total. The number of alkyl halides is 6. The summed E-state index contributed by atoms with van der Waals surface area (Å²) >= 11 is 5.74. The van der Waals surface area contributed by atoms with Gasteiger partial charge in [-0.1, -0.05) is 11.6 Å². The van der Waals surface area contributed by atoms with Crippen molar-refractivity contribution in [2.75, 3.05) is 0 Å². The highest BCUT2D eigenvalue weighted by Crippen LogP contribution is 2.31. The maximum atomic E-state index is 12.6. The zero-order valence-corrected chi connectivity index (χ0v) is 16.5. The van der Waals surface area contributed by atoms with E-state index in [0.717, 1.165) is 29.2 Å². The van der Waals surface area contributed by atoms with Crippen LogP contribution in [0.4, 0.5) is 26.3 Å². The summed E-state index contributed by atoms with van der Waals surface area (Å²) in [5, 5.41) is 3.36. The van der Waals surface area contributed by atoms with Gasteiger partial charge in [-0.3, -0.25) is 4.98 Å². The summed E-state index contributed by atoms with van der Waals surface area (Å²) in [6.45, 7) is -0.511. The van der Waals surface area contributed by atoms with Crippen LogP contribution in [0.15, 0.2) is 47.9 Å². The second kappa shape index (κ2) is 8.09. The van der Waals surface area contributed by atoms with Crippen LogP contribution in [-0.4, -0.2) is 28.2 Å². The fraction of sp³-hybridized carbons (Fsp3) is 0.188. The van der Waals surface area contributed by atoms with E-state index in [-0.39, 0.29) is 21.4 Å². The minimum absolute atomic E-state index is 0.0677. The van der Waals surface area contributed by atoms with Gasteiger partial charge < -0.3 is 0 Å². The van der Waals surface area contributed by atoms with Crippen molar-refractivity contribution in [3.8, 4) is 5.82 Å². The first-order valence-electron chi connectivity index (χ1n) is 8.07. The van der Waals surface area contributed by atoms with E-state index in [4.69, 9.17) is 11.6 Å². The molecule has 0 amide bonds. The van der Waals surface area contributed by atoms with Crippen LogP contribution in [0, 0.1) is 0 Å². The Hall–Kier alpha value is -2.71. The molecule has 0 aromatic carbocycles. The molecule has 0 radical (unpaired) electrons. The van der Waals surface area contributed by atoms with Crippen LogP contribution in [0.1, 0.15) is 16.8 Å². The Balaban J connectivity index is 1.74. The predicted molar refractivity (Wildman–Crippen MR) is 94.6 cm³/mol. The summed E-state index contributed by atoms with van der Waals surface area (Å²) in [5.41, 5.74) is -2.22. The van der Waals surface area contributed by atoms with Crippen molar-refractivity contribution >= 4 is 21.6 Å². The molecule has 0 unspecified atom stereocenters. The Bertz CT molecular complexity index is 1190. The quantitative estimate of drug-likeness (QED) is 0.555. The van der Waals surface area contributed by atoms with Gasteiger partial charge in [-0.25, -0.2) is 22.8 Å². The van der Waals surface area contributed by atoms with Gasteiger partial charge in [0.1, 0.15) is 4.90 Å². The van der Waals surface area contributed by atoms with E-state index in [2.05, 4.69) is 19.8 Å². The van der Waals surface area contributed by atoms with E-state index in [9.17, 15) is 34.8 Å². The van der Waals surface area contributed by atoms with Crippen molar-refractivity contribution in [1.82, 2.24) is 24.5 Å². The highest BCUT2D eigenvalue weighted by Gasteiger charge is 2.32. The highest BCUT2D eigenvalue weighted by atomic mass is 35.5. The van der Waals surface area contributed by atoms with Crippen LogP contribution >= 0.6 is 11.6 Å². The summed E-state index contributed by atoms with van der Waals surface area (Å²) in [6, 6.07) is 2.38. The van der Waals surface area contributed by atoms with E-state index >= 15 is 0 Å². The lowest BCUT2D eigenvalue weighted by Crippen LogP contribution is -2.23. The molecule has 0 spiro atoms. The number of nitrogens with one attached hydrogen (secondary N) is 1. The van der Waals surface area contributed by atoms with Crippen LogP contribution < -0.4 is 4.72 Å². The topological polar surface area (TPSA) is 89.8 Å². The van der Waals surface area contributed by atoms with E-state index in [0.29, 0.717) is 18.5 Å². The van der Waals surface area contributed by atoms with Crippen molar-refractivity contribution in [1.29, 1.82) is 0 Å². The molecule has 0 aliphatic carbocycles. The molecule has 0 fully saturated rings. The van der Waals surface area contributed by atoms with E-state index < -0.39 is 40.0 Å². The normalized spacial score (nSPS) is 12.9. The van der Waals surface area contributed by atoms with Gasteiger partial charge in [0.2, 0.25) is 10.0 Å². The number of pyridine rings is 2. The molecule has 166 valence electrons. The average Bonchev–Trinajstić information content (AvgIpc) is 3.17. The molecule has 15 heteroatoms. The molecule has 3 aromatic rings.